The minimum atomic E-state index is -0.0618. The van der Waals surface area contributed by atoms with Crippen molar-refractivity contribution in [1.29, 1.82) is 0 Å². The molecule has 3 heterocycles. The summed E-state index contributed by atoms with van der Waals surface area (Å²) in [7, 11) is 0. The molecule has 0 fully saturated rings. The zero-order valence-corrected chi connectivity index (χ0v) is 13.1. The fourth-order valence-electron chi connectivity index (χ4n) is 2.41. The minimum Gasteiger partial charge on any atom is -0.478 e. The largest absolute Gasteiger partial charge is 0.478 e. The lowest BCUT2D eigenvalue weighted by molar-refractivity contribution is -0.117. The molecule has 1 aliphatic heterocycles. The van der Waals surface area contributed by atoms with Crippen molar-refractivity contribution >= 4 is 22.4 Å². The number of amides is 1. The summed E-state index contributed by atoms with van der Waals surface area (Å²) in [5, 5.41) is 5.25. The van der Waals surface area contributed by atoms with Gasteiger partial charge >= 0.3 is 0 Å². The number of anilines is 1. The van der Waals surface area contributed by atoms with Crippen LogP contribution in [0.1, 0.15) is 18.2 Å². The van der Waals surface area contributed by atoms with Crippen LogP contribution in [0.15, 0.2) is 17.9 Å². The average Bonchev–Trinajstić information content (AvgIpc) is 3.01. The first-order valence-corrected chi connectivity index (χ1v) is 8.01. The van der Waals surface area contributed by atoms with Gasteiger partial charge in [-0.15, -0.1) is 11.3 Å². The Morgan fingerprint density at radius 3 is 3.14 bits per heavy atom. The van der Waals surface area contributed by atoms with Crippen molar-refractivity contribution in [2.24, 2.45) is 0 Å². The summed E-state index contributed by atoms with van der Waals surface area (Å²) in [6.07, 6.45) is 4.00. The fourth-order valence-corrected chi connectivity index (χ4v) is 2.96. The fraction of sp³-hybridized carbons (Fsp3) is 0.429. The van der Waals surface area contributed by atoms with E-state index in [2.05, 4.69) is 25.2 Å². The average molecular weight is 319 g/mol. The first kappa shape index (κ1) is 14.9. The summed E-state index contributed by atoms with van der Waals surface area (Å²) < 4.78 is 5.56. The van der Waals surface area contributed by atoms with Crippen molar-refractivity contribution in [3.8, 4) is 5.88 Å². The molecular weight excluding hydrogens is 302 g/mol. The highest BCUT2D eigenvalue weighted by Gasteiger charge is 2.23. The maximum absolute atomic E-state index is 12.1. The third-order valence-electron chi connectivity index (χ3n) is 3.37. The second-order valence-corrected chi connectivity index (χ2v) is 5.78. The predicted molar refractivity (Wildman–Crippen MR) is 82.9 cm³/mol. The van der Waals surface area contributed by atoms with Crippen LogP contribution in [0.5, 0.6) is 5.88 Å². The third kappa shape index (κ3) is 3.40. The Morgan fingerprint density at radius 2 is 2.36 bits per heavy atom. The number of thiazole rings is 1. The lowest BCUT2D eigenvalue weighted by Gasteiger charge is -2.27. The molecule has 8 heteroatoms. The number of ether oxygens (including phenoxy) is 1. The van der Waals surface area contributed by atoms with Gasteiger partial charge in [0.05, 0.1) is 18.8 Å². The maximum atomic E-state index is 12.1. The quantitative estimate of drug-likeness (QED) is 0.895. The van der Waals surface area contributed by atoms with E-state index in [-0.39, 0.29) is 5.91 Å². The van der Waals surface area contributed by atoms with Crippen molar-refractivity contribution in [1.82, 2.24) is 19.9 Å². The van der Waals surface area contributed by atoms with Gasteiger partial charge < -0.3 is 10.1 Å². The SMILES string of the molecule is CCOc1ncnc2c1CN(CC(=O)Nc1nccs1)CC2. The Balaban J connectivity index is 1.64. The molecule has 0 unspecified atom stereocenters. The van der Waals surface area contributed by atoms with E-state index in [0.29, 0.717) is 30.7 Å². The number of rotatable bonds is 5. The highest BCUT2D eigenvalue weighted by Crippen LogP contribution is 2.24. The Bertz CT molecular complexity index is 647. The van der Waals surface area contributed by atoms with Crippen molar-refractivity contribution in [2.45, 2.75) is 19.9 Å². The normalized spacial score (nSPS) is 14.4. The second kappa shape index (κ2) is 6.80. The van der Waals surface area contributed by atoms with Gasteiger partial charge in [-0.1, -0.05) is 0 Å². The van der Waals surface area contributed by atoms with Crippen LogP contribution in [0.2, 0.25) is 0 Å². The van der Waals surface area contributed by atoms with Crippen molar-refractivity contribution in [3.05, 3.63) is 29.2 Å². The van der Waals surface area contributed by atoms with E-state index >= 15 is 0 Å². The van der Waals surface area contributed by atoms with Gasteiger partial charge in [0.2, 0.25) is 11.8 Å². The van der Waals surface area contributed by atoms with E-state index in [1.807, 2.05) is 12.3 Å². The molecule has 7 nitrogen and oxygen atoms in total. The molecule has 0 aromatic carbocycles. The van der Waals surface area contributed by atoms with Crippen LogP contribution < -0.4 is 10.1 Å². The van der Waals surface area contributed by atoms with Crippen molar-refractivity contribution in [3.63, 3.8) is 0 Å². The second-order valence-electron chi connectivity index (χ2n) is 4.88. The van der Waals surface area contributed by atoms with Gasteiger partial charge in [-0.05, 0) is 6.92 Å². The van der Waals surface area contributed by atoms with E-state index in [0.717, 1.165) is 24.2 Å². The third-order valence-corrected chi connectivity index (χ3v) is 4.06. The number of hydrogen-bond acceptors (Lipinski definition) is 7. The first-order chi connectivity index (χ1) is 10.8. The highest BCUT2D eigenvalue weighted by atomic mass is 32.1. The number of aromatic nitrogens is 3. The van der Waals surface area contributed by atoms with E-state index in [4.69, 9.17) is 4.74 Å². The molecule has 2 aromatic heterocycles. The summed E-state index contributed by atoms with van der Waals surface area (Å²) >= 11 is 1.41. The Kier molecular flexibility index (Phi) is 4.59. The molecule has 0 atom stereocenters. The van der Waals surface area contributed by atoms with Crippen LogP contribution in [0.4, 0.5) is 5.13 Å². The van der Waals surface area contributed by atoms with E-state index in [1.54, 1.807) is 6.20 Å². The lowest BCUT2D eigenvalue weighted by Crippen LogP contribution is -2.37. The van der Waals surface area contributed by atoms with Crippen molar-refractivity contribution < 1.29 is 9.53 Å². The van der Waals surface area contributed by atoms with Gasteiger partial charge in [0, 0.05) is 36.7 Å². The van der Waals surface area contributed by atoms with E-state index in [1.165, 1.54) is 17.7 Å². The number of nitrogens with one attached hydrogen (secondary N) is 1. The van der Waals surface area contributed by atoms with Gasteiger partial charge in [0.15, 0.2) is 5.13 Å². The minimum absolute atomic E-state index is 0.0618. The van der Waals surface area contributed by atoms with Gasteiger partial charge in [-0.25, -0.2) is 15.0 Å². The molecule has 0 saturated carbocycles. The maximum Gasteiger partial charge on any atom is 0.240 e. The standard InChI is InChI=1S/C14H17N5O2S/c1-2-21-13-10-7-19(5-3-11(10)16-9-17-13)8-12(20)18-14-15-4-6-22-14/h4,6,9H,2-3,5,7-8H2,1H3,(H,15,18,20). The lowest BCUT2D eigenvalue weighted by atomic mass is 10.1. The van der Waals surface area contributed by atoms with Gasteiger partial charge in [0.1, 0.15) is 6.33 Å². The monoisotopic (exact) mass is 319 g/mol. The Morgan fingerprint density at radius 1 is 1.45 bits per heavy atom. The number of fused-ring (bicyclic) bond motifs is 1. The summed E-state index contributed by atoms with van der Waals surface area (Å²) in [4.78, 5) is 26.7. The van der Waals surface area contributed by atoms with E-state index in [9.17, 15) is 4.79 Å². The number of carbonyl (C=O) groups is 1. The van der Waals surface area contributed by atoms with Gasteiger partial charge in [0.25, 0.3) is 0 Å². The van der Waals surface area contributed by atoms with Crippen LogP contribution in [-0.2, 0) is 17.8 Å². The van der Waals surface area contributed by atoms with Crippen LogP contribution in [0.3, 0.4) is 0 Å². The Labute approximate surface area is 132 Å². The summed E-state index contributed by atoms with van der Waals surface area (Å²) in [5.74, 6) is 0.561. The topological polar surface area (TPSA) is 80.2 Å². The summed E-state index contributed by atoms with van der Waals surface area (Å²) in [5.41, 5.74) is 1.99. The molecule has 1 amide bonds. The summed E-state index contributed by atoms with van der Waals surface area (Å²) in [6, 6.07) is 0. The van der Waals surface area contributed by atoms with Crippen molar-refractivity contribution in [2.75, 3.05) is 25.0 Å². The summed E-state index contributed by atoms with van der Waals surface area (Å²) in [6.45, 7) is 4.22. The molecule has 3 rings (SSSR count). The smallest absolute Gasteiger partial charge is 0.240 e. The zero-order chi connectivity index (χ0) is 15.4. The van der Waals surface area contributed by atoms with E-state index < -0.39 is 0 Å². The molecular formula is C14H17N5O2S. The molecule has 0 spiro atoms. The van der Waals surface area contributed by atoms with Gasteiger partial charge in [-0.3, -0.25) is 9.69 Å². The highest BCUT2D eigenvalue weighted by molar-refractivity contribution is 7.13. The molecule has 1 aliphatic rings. The molecule has 1 N–H and O–H groups in total. The molecule has 0 saturated heterocycles. The molecule has 0 bridgehead atoms. The predicted octanol–water partition coefficient (Wildman–Crippen LogP) is 1.33. The number of carbonyl (C=O) groups excluding carboxylic acids is 1. The molecule has 116 valence electrons. The van der Waals surface area contributed by atoms with Crippen LogP contribution >= 0.6 is 11.3 Å². The van der Waals surface area contributed by atoms with Crippen LogP contribution in [0, 0.1) is 0 Å². The molecule has 2 aromatic rings. The van der Waals surface area contributed by atoms with Crippen LogP contribution in [-0.4, -0.2) is 45.5 Å². The first-order valence-electron chi connectivity index (χ1n) is 7.13. The molecule has 22 heavy (non-hydrogen) atoms. The Hall–Kier alpha value is -2.06. The van der Waals surface area contributed by atoms with Crippen LogP contribution in [0.25, 0.3) is 0 Å². The number of hydrogen-bond donors (Lipinski definition) is 1. The molecule has 0 radical (unpaired) electrons. The number of nitrogens with zero attached hydrogens (tertiary/aromatic N) is 4. The zero-order valence-electron chi connectivity index (χ0n) is 12.3. The molecule has 0 aliphatic carbocycles. The van der Waals surface area contributed by atoms with Gasteiger partial charge in [-0.2, -0.15) is 0 Å².